The van der Waals surface area contributed by atoms with E-state index < -0.39 is 0 Å². The minimum Gasteiger partial charge on any atom is -0.126 e. The number of aryl methyl sites for hydroxylation is 2. The van der Waals surface area contributed by atoms with Crippen LogP contribution in [0.25, 0.3) is 0 Å². The second kappa shape index (κ2) is 5.02. The molecule has 0 aliphatic heterocycles. The highest BCUT2D eigenvalue weighted by Crippen LogP contribution is 2.31. The van der Waals surface area contributed by atoms with Crippen molar-refractivity contribution in [2.24, 2.45) is 11.3 Å². The van der Waals surface area contributed by atoms with Gasteiger partial charge in [0, 0.05) is 5.88 Å². The molecule has 2 rings (SSSR count). The Morgan fingerprint density at radius 3 is 2.53 bits per heavy atom. The van der Waals surface area contributed by atoms with Crippen molar-refractivity contribution >= 4 is 11.6 Å². The molecule has 0 saturated carbocycles. The van der Waals surface area contributed by atoms with Crippen LogP contribution < -0.4 is 0 Å². The maximum absolute atomic E-state index is 6.12. The van der Waals surface area contributed by atoms with Gasteiger partial charge < -0.3 is 0 Å². The minimum atomic E-state index is 0.292. The van der Waals surface area contributed by atoms with Gasteiger partial charge in [-0.1, -0.05) is 39.0 Å². The van der Waals surface area contributed by atoms with E-state index in [1.54, 1.807) is 11.1 Å². The van der Waals surface area contributed by atoms with Gasteiger partial charge in [-0.15, -0.1) is 11.6 Å². The van der Waals surface area contributed by atoms with Crippen molar-refractivity contribution in [2.45, 2.75) is 46.5 Å². The molecule has 0 heterocycles. The predicted molar refractivity (Wildman–Crippen MR) is 75.8 cm³/mol. The average molecular weight is 251 g/mol. The molecule has 94 valence electrons. The third-order valence-corrected chi connectivity index (χ3v) is 4.43. The van der Waals surface area contributed by atoms with Crippen LogP contribution >= 0.6 is 11.6 Å². The number of rotatable bonds is 3. The number of hydrogen-bond acceptors (Lipinski definition) is 0. The zero-order chi connectivity index (χ0) is 12.5. The average Bonchev–Trinajstić information content (AvgIpc) is 2.71. The van der Waals surface area contributed by atoms with Crippen LogP contribution in [0.4, 0.5) is 0 Å². The van der Waals surface area contributed by atoms with E-state index in [0.717, 1.165) is 12.3 Å². The molecular formula is C16H23Cl. The maximum atomic E-state index is 6.12. The van der Waals surface area contributed by atoms with Crippen LogP contribution in [0.1, 0.15) is 43.9 Å². The fourth-order valence-corrected chi connectivity index (χ4v) is 3.20. The molecule has 0 amide bonds. The number of fused-ring (bicyclic) bond motifs is 1. The van der Waals surface area contributed by atoms with Crippen molar-refractivity contribution in [3.8, 4) is 0 Å². The smallest absolute Gasteiger partial charge is 0.0259 e. The molecule has 0 spiro atoms. The van der Waals surface area contributed by atoms with Gasteiger partial charge in [0.05, 0.1) is 0 Å². The van der Waals surface area contributed by atoms with E-state index in [-0.39, 0.29) is 0 Å². The van der Waals surface area contributed by atoms with Gasteiger partial charge in [0.15, 0.2) is 0 Å². The Morgan fingerprint density at radius 2 is 1.88 bits per heavy atom. The summed E-state index contributed by atoms with van der Waals surface area (Å²) in [6.45, 7) is 6.86. The molecule has 1 unspecified atom stereocenters. The van der Waals surface area contributed by atoms with E-state index in [1.165, 1.54) is 24.8 Å². The van der Waals surface area contributed by atoms with Crippen molar-refractivity contribution in [3.05, 3.63) is 34.9 Å². The van der Waals surface area contributed by atoms with Crippen molar-refractivity contribution in [2.75, 3.05) is 5.88 Å². The lowest BCUT2D eigenvalue weighted by molar-refractivity contribution is 0.264. The van der Waals surface area contributed by atoms with E-state index in [4.69, 9.17) is 11.6 Å². The first-order valence-electron chi connectivity index (χ1n) is 6.67. The molecule has 17 heavy (non-hydrogen) atoms. The molecule has 1 heteroatoms. The largest absolute Gasteiger partial charge is 0.126 e. The Bertz CT molecular complexity index is 387. The van der Waals surface area contributed by atoms with Crippen LogP contribution in [-0.2, 0) is 19.3 Å². The lowest BCUT2D eigenvalue weighted by atomic mass is 9.78. The first-order valence-corrected chi connectivity index (χ1v) is 7.21. The zero-order valence-corrected chi connectivity index (χ0v) is 12.0. The summed E-state index contributed by atoms with van der Waals surface area (Å²) in [5.74, 6) is 1.31. The highest BCUT2D eigenvalue weighted by atomic mass is 35.5. The molecule has 0 aromatic heterocycles. The summed E-state index contributed by atoms with van der Waals surface area (Å²) >= 11 is 6.12. The summed E-state index contributed by atoms with van der Waals surface area (Å²) in [4.78, 5) is 0. The molecule has 0 fully saturated rings. The van der Waals surface area contributed by atoms with Gasteiger partial charge in [-0.3, -0.25) is 0 Å². The lowest BCUT2D eigenvalue weighted by Crippen LogP contribution is -2.24. The predicted octanol–water partition coefficient (Wildman–Crippen LogP) is 4.62. The molecule has 0 N–H and O–H groups in total. The van der Waals surface area contributed by atoms with Crippen molar-refractivity contribution in [3.63, 3.8) is 0 Å². The van der Waals surface area contributed by atoms with Crippen LogP contribution in [-0.4, -0.2) is 5.88 Å². The molecule has 1 aliphatic carbocycles. The fraction of sp³-hybridized carbons (Fsp3) is 0.625. The second-order valence-corrected chi connectivity index (χ2v) is 6.69. The quantitative estimate of drug-likeness (QED) is 0.687. The summed E-state index contributed by atoms with van der Waals surface area (Å²) in [5.41, 5.74) is 4.89. The second-order valence-electron chi connectivity index (χ2n) is 6.38. The SMILES string of the molecule is CC(C)(C)C(CCl)Cc1ccc2c(c1)CCC2. The van der Waals surface area contributed by atoms with Crippen molar-refractivity contribution in [1.82, 2.24) is 0 Å². The molecule has 1 aromatic rings. The topological polar surface area (TPSA) is 0 Å². The summed E-state index contributed by atoms with van der Waals surface area (Å²) in [5, 5.41) is 0. The summed E-state index contributed by atoms with van der Waals surface area (Å²) in [6.07, 6.45) is 4.98. The number of alkyl halides is 1. The molecule has 1 aliphatic rings. The van der Waals surface area contributed by atoms with Gasteiger partial charge in [-0.2, -0.15) is 0 Å². The Labute approximate surface area is 110 Å². The highest BCUT2D eigenvalue weighted by Gasteiger charge is 2.24. The highest BCUT2D eigenvalue weighted by molar-refractivity contribution is 6.18. The first kappa shape index (κ1) is 13.0. The summed E-state index contributed by atoms with van der Waals surface area (Å²) in [7, 11) is 0. The fourth-order valence-electron chi connectivity index (χ4n) is 2.63. The summed E-state index contributed by atoms with van der Waals surface area (Å²) < 4.78 is 0. The molecule has 0 saturated heterocycles. The number of halogens is 1. The third kappa shape index (κ3) is 3.04. The Balaban J connectivity index is 2.13. The van der Waals surface area contributed by atoms with Gasteiger partial charge in [0.25, 0.3) is 0 Å². The monoisotopic (exact) mass is 250 g/mol. The van der Waals surface area contributed by atoms with E-state index >= 15 is 0 Å². The standard InChI is InChI=1S/C16H23Cl/c1-16(2,3)15(11-17)10-12-7-8-13-5-4-6-14(13)9-12/h7-9,15H,4-6,10-11H2,1-3H3. The number of benzene rings is 1. The minimum absolute atomic E-state index is 0.292. The number of hydrogen-bond donors (Lipinski definition) is 0. The molecule has 0 radical (unpaired) electrons. The third-order valence-electron chi connectivity index (χ3n) is 4.06. The normalized spacial score (nSPS) is 16.9. The molecular weight excluding hydrogens is 228 g/mol. The Morgan fingerprint density at radius 1 is 1.18 bits per heavy atom. The van der Waals surface area contributed by atoms with Gasteiger partial charge in [-0.25, -0.2) is 0 Å². The van der Waals surface area contributed by atoms with Crippen LogP contribution in [0.3, 0.4) is 0 Å². The zero-order valence-electron chi connectivity index (χ0n) is 11.2. The van der Waals surface area contributed by atoms with E-state index in [2.05, 4.69) is 39.0 Å². The molecule has 0 bridgehead atoms. The molecule has 0 nitrogen and oxygen atoms in total. The van der Waals surface area contributed by atoms with Gasteiger partial charge in [0.2, 0.25) is 0 Å². The maximum Gasteiger partial charge on any atom is 0.0259 e. The van der Waals surface area contributed by atoms with E-state index in [1.807, 2.05) is 0 Å². The lowest BCUT2D eigenvalue weighted by Gasteiger charge is -2.29. The Hall–Kier alpha value is -0.490. The van der Waals surface area contributed by atoms with Crippen LogP contribution in [0.5, 0.6) is 0 Å². The van der Waals surface area contributed by atoms with E-state index in [0.29, 0.717) is 11.3 Å². The van der Waals surface area contributed by atoms with Crippen molar-refractivity contribution < 1.29 is 0 Å². The van der Waals surface area contributed by atoms with Gasteiger partial charge in [-0.05, 0) is 53.7 Å². The molecule has 1 atom stereocenters. The van der Waals surface area contributed by atoms with Gasteiger partial charge >= 0.3 is 0 Å². The van der Waals surface area contributed by atoms with Gasteiger partial charge in [0.1, 0.15) is 0 Å². The first-order chi connectivity index (χ1) is 8.00. The van der Waals surface area contributed by atoms with E-state index in [9.17, 15) is 0 Å². The summed E-state index contributed by atoms with van der Waals surface area (Å²) in [6, 6.07) is 7.04. The van der Waals surface area contributed by atoms with Crippen LogP contribution in [0, 0.1) is 11.3 Å². The Kier molecular flexibility index (Phi) is 3.82. The molecule has 1 aromatic carbocycles. The van der Waals surface area contributed by atoms with Crippen LogP contribution in [0.15, 0.2) is 18.2 Å². The van der Waals surface area contributed by atoms with Crippen LogP contribution in [0.2, 0.25) is 0 Å². The van der Waals surface area contributed by atoms with Crippen molar-refractivity contribution in [1.29, 1.82) is 0 Å².